The molecule has 0 aliphatic rings. The lowest BCUT2D eigenvalue weighted by atomic mass is 9.99. The Morgan fingerprint density at radius 3 is 2.50 bits per heavy atom. The standard InChI is InChI=1S/C24H22F2N4O2/c1-13(18-10-15(23(28)29)7-9-21(18)31)22(26)24(32)30-20-8-6-14(11-19(20)25)17-5-3-2-4-16(17)12-27/h2-11,31H,12,27H2,1H3,(H3,28,29)(H,30,32)/b22-13+. The minimum Gasteiger partial charge on any atom is -0.507 e. The monoisotopic (exact) mass is 436 g/mol. The number of amidine groups is 1. The summed E-state index contributed by atoms with van der Waals surface area (Å²) < 4.78 is 29.4. The first-order valence-electron chi connectivity index (χ1n) is 9.66. The highest BCUT2D eigenvalue weighted by atomic mass is 19.1. The molecule has 0 bridgehead atoms. The smallest absolute Gasteiger partial charge is 0.284 e. The molecule has 0 saturated carbocycles. The predicted molar refractivity (Wildman–Crippen MR) is 121 cm³/mol. The van der Waals surface area contributed by atoms with Gasteiger partial charge in [-0.1, -0.05) is 30.3 Å². The lowest BCUT2D eigenvalue weighted by molar-refractivity contribution is -0.114. The summed E-state index contributed by atoms with van der Waals surface area (Å²) >= 11 is 0. The summed E-state index contributed by atoms with van der Waals surface area (Å²) in [6.45, 7) is 1.57. The van der Waals surface area contributed by atoms with Crippen LogP contribution in [0.15, 0.2) is 66.5 Å². The van der Waals surface area contributed by atoms with Crippen molar-refractivity contribution < 1.29 is 18.7 Å². The molecule has 0 unspecified atom stereocenters. The van der Waals surface area contributed by atoms with Gasteiger partial charge < -0.3 is 21.9 Å². The second-order valence-electron chi connectivity index (χ2n) is 7.09. The van der Waals surface area contributed by atoms with Crippen molar-refractivity contribution in [2.24, 2.45) is 11.5 Å². The number of carbonyl (C=O) groups is 1. The van der Waals surface area contributed by atoms with E-state index in [4.69, 9.17) is 16.9 Å². The van der Waals surface area contributed by atoms with Crippen LogP contribution in [-0.2, 0) is 11.3 Å². The van der Waals surface area contributed by atoms with E-state index in [1.165, 1.54) is 37.3 Å². The van der Waals surface area contributed by atoms with E-state index >= 15 is 0 Å². The number of amides is 1. The van der Waals surface area contributed by atoms with Crippen LogP contribution < -0.4 is 16.8 Å². The Kier molecular flexibility index (Phi) is 6.65. The number of halogens is 2. The van der Waals surface area contributed by atoms with Gasteiger partial charge in [0.15, 0.2) is 5.83 Å². The molecule has 0 radical (unpaired) electrons. The van der Waals surface area contributed by atoms with Crippen molar-refractivity contribution in [2.45, 2.75) is 13.5 Å². The van der Waals surface area contributed by atoms with Crippen molar-refractivity contribution in [3.63, 3.8) is 0 Å². The molecule has 7 N–H and O–H groups in total. The third kappa shape index (κ3) is 4.65. The summed E-state index contributed by atoms with van der Waals surface area (Å²) in [5, 5.41) is 19.7. The molecule has 164 valence electrons. The van der Waals surface area contributed by atoms with Gasteiger partial charge in [0.2, 0.25) is 0 Å². The first-order valence-corrected chi connectivity index (χ1v) is 9.66. The van der Waals surface area contributed by atoms with Crippen LogP contribution in [0.4, 0.5) is 14.5 Å². The van der Waals surface area contributed by atoms with Crippen LogP contribution in [0.2, 0.25) is 0 Å². The Labute approximate surface area is 183 Å². The highest BCUT2D eigenvalue weighted by molar-refractivity contribution is 6.07. The van der Waals surface area contributed by atoms with Gasteiger partial charge >= 0.3 is 0 Å². The molecule has 0 aliphatic carbocycles. The maximum absolute atomic E-state index is 14.8. The van der Waals surface area contributed by atoms with Gasteiger partial charge in [0.1, 0.15) is 17.4 Å². The van der Waals surface area contributed by atoms with E-state index in [2.05, 4.69) is 5.32 Å². The average molecular weight is 436 g/mol. The Morgan fingerprint density at radius 1 is 1.12 bits per heavy atom. The molecule has 1 amide bonds. The Balaban J connectivity index is 1.88. The second-order valence-corrected chi connectivity index (χ2v) is 7.09. The van der Waals surface area contributed by atoms with Crippen LogP contribution in [0.3, 0.4) is 0 Å². The molecule has 32 heavy (non-hydrogen) atoms. The van der Waals surface area contributed by atoms with Gasteiger partial charge in [-0.15, -0.1) is 0 Å². The molecule has 0 heterocycles. The van der Waals surface area contributed by atoms with E-state index < -0.39 is 17.6 Å². The number of nitrogens with two attached hydrogens (primary N) is 2. The number of hydrogen-bond acceptors (Lipinski definition) is 4. The van der Waals surface area contributed by atoms with Crippen LogP contribution in [0.25, 0.3) is 16.7 Å². The van der Waals surface area contributed by atoms with Crippen molar-refractivity contribution in [2.75, 3.05) is 5.32 Å². The minimum absolute atomic E-state index is 0.000406. The number of anilines is 1. The fourth-order valence-corrected chi connectivity index (χ4v) is 3.23. The predicted octanol–water partition coefficient (Wildman–Crippen LogP) is 4.28. The Bertz CT molecular complexity index is 1240. The van der Waals surface area contributed by atoms with Crippen molar-refractivity contribution in [1.82, 2.24) is 0 Å². The molecule has 0 aromatic heterocycles. The molecule has 3 aromatic carbocycles. The van der Waals surface area contributed by atoms with E-state index in [-0.39, 0.29) is 40.5 Å². The molecule has 0 atom stereocenters. The number of nitrogen functional groups attached to an aromatic ring is 1. The molecule has 3 rings (SSSR count). The fourth-order valence-electron chi connectivity index (χ4n) is 3.23. The number of benzene rings is 3. The van der Waals surface area contributed by atoms with Crippen LogP contribution in [0.1, 0.15) is 23.6 Å². The van der Waals surface area contributed by atoms with Crippen LogP contribution in [0.5, 0.6) is 5.75 Å². The van der Waals surface area contributed by atoms with Gasteiger partial charge in [0, 0.05) is 23.2 Å². The normalized spacial score (nSPS) is 11.6. The zero-order valence-corrected chi connectivity index (χ0v) is 17.2. The summed E-state index contributed by atoms with van der Waals surface area (Å²) in [7, 11) is 0. The van der Waals surface area contributed by atoms with Gasteiger partial charge in [-0.2, -0.15) is 0 Å². The number of aromatic hydroxyl groups is 1. The molecule has 8 heteroatoms. The van der Waals surface area contributed by atoms with Crippen molar-refractivity contribution in [3.05, 3.63) is 89.0 Å². The molecular formula is C24H22F2N4O2. The highest BCUT2D eigenvalue weighted by Gasteiger charge is 2.19. The second kappa shape index (κ2) is 9.40. The van der Waals surface area contributed by atoms with Gasteiger partial charge in [-0.05, 0) is 53.9 Å². The number of phenolic OH excluding ortho intramolecular Hbond substituents is 1. The zero-order valence-electron chi connectivity index (χ0n) is 17.2. The summed E-state index contributed by atoms with van der Waals surface area (Å²) in [6.07, 6.45) is 0. The molecule has 0 saturated heterocycles. The summed E-state index contributed by atoms with van der Waals surface area (Å²) in [5.41, 5.74) is 13.2. The number of allylic oxidation sites excluding steroid dienone is 1. The molecule has 3 aromatic rings. The van der Waals surface area contributed by atoms with Gasteiger partial charge in [-0.3, -0.25) is 10.2 Å². The molecule has 0 spiro atoms. The number of phenols is 1. The van der Waals surface area contributed by atoms with Gasteiger partial charge in [0.25, 0.3) is 5.91 Å². The van der Waals surface area contributed by atoms with E-state index in [1.807, 2.05) is 24.3 Å². The van der Waals surface area contributed by atoms with E-state index in [0.29, 0.717) is 5.56 Å². The lowest BCUT2D eigenvalue weighted by Gasteiger charge is -2.12. The molecule has 0 fully saturated rings. The van der Waals surface area contributed by atoms with Crippen molar-refractivity contribution >= 4 is 23.0 Å². The SMILES string of the molecule is C/C(=C(\F)C(=O)Nc1ccc(-c2ccccc2CN)cc1F)c1cc(C(=N)N)ccc1O. The summed E-state index contributed by atoms with van der Waals surface area (Å²) in [6, 6.07) is 15.4. The minimum atomic E-state index is -1.21. The van der Waals surface area contributed by atoms with E-state index in [1.54, 1.807) is 6.07 Å². The highest BCUT2D eigenvalue weighted by Crippen LogP contribution is 2.30. The Morgan fingerprint density at radius 2 is 1.84 bits per heavy atom. The Hall–Kier alpha value is -4.04. The number of rotatable bonds is 6. The van der Waals surface area contributed by atoms with Gasteiger partial charge in [0.05, 0.1) is 5.69 Å². The third-order valence-electron chi connectivity index (χ3n) is 5.01. The van der Waals surface area contributed by atoms with Crippen molar-refractivity contribution in [1.29, 1.82) is 5.41 Å². The van der Waals surface area contributed by atoms with Crippen molar-refractivity contribution in [3.8, 4) is 16.9 Å². The summed E-state index contributed by atoms with van der Waals surface area (Å²) in [5.74, 6) is -3.69. The molecule has 6 nitrogen and oxygen atoms in total. The first kappa shape index (κ1) is 22.6. The zero-order chi connectivity index (χ0) is 23.4. The largest absolute Gasteiger partial charge is 0.507 e. The van der Waals surface area contributed by atoms with Crippen LogP contribution in [0, 0.1) is 11.2 Å². The first-order chi connectivity index (χ1) is 15.2. The number of carbonyl (C=O) groups excluding carboxylic acids is 1. The van der Waals surface area contributed by atoms with Crippen LogP contribution in [-0.4, -0.2) is 16.8 Å². The molecular weight excluding hydrogens is 414 g/mol. The third-order valence-corrected chi connectivity index (χ3v) is 5.01. The average Bonchev–Trinajstić information content (AvgIpc) is 2.79. The van der Waals surface area contributed by atoms with Gasteiger partial charge in [-0.25, -0.2) is 8.78 Å². The van der Waals surface area contributed by atoms with E-state index in [0.717, 1.165) is 11.1 Å². The topological polar surface area (TPSA) is 125 Å². The maximum atomic E-state index is 14.8. The quantitative estimate of drug-likeness (QED) is 0.225. The fraction of sp³-hybridized carbons (Fsp3) is 0.0833. The van der Waals surface area contributed by atoms with Crippen LogP contribution >= 0.6 is 0 Å². The number of nitrogens with one attached hydrogen (secondary N) is 2. The summed E-state index contributed by atoms with van der Waals surface area (Å²) in [4.78, 5) is 12.4. The molecule has 0 aliphatic heterocycles. The maximum Gasteiger partial charge on any atom is 0.284 e. The van der Waals surface area contributed by atoms with E-state index in [9.17, 15) is 18.7 Å². The lowest BCUT2D eigenvalue weighted by Crippen LogP contribution is -2.15. The number of hydrogen-bond donors (Lipinski definition) is 5.